The van der Waals surface area contributed by atoms with Gasteiger partial charge < -0.3 is 10.1 Å². The number of amides is 2. The Kier molecular flexibility index (Phi) is 8.10. The molecule has 2 N–H and O–H groups in total. The van der Waals surface area contributed by atoms with Crippen molar-refractivity contribution in [2.24, 2.45) is 5.92 Å². The van der Waals surface area contributed by atoms with Gasteiger partial charge in [0.1, 0.15) is 16.8 Å². The van der Waals surface area contributed by atoms with Crippen molar-refractivity contribution in [2.45, 2.75) is 26.3 Å². The van der Waals surface area contributed by atoms with Crippen molar-refractivity contribution in [3.63, 3.8) is 0 Å². The summed E-state index contributed by atoms with van der Waals surface area (Å²) in [4.78, 5) is 25.4. The van der Waals surface area contributed by atoms with Crippen LogP contribution in [0.15, 0.2) is 60.7 Å². The zero-order valence-corrected chi connectivity index (χ0v) is 19.1. The van der Waals surface area contributed by atoms with Crippen LogP contribution in [0.2, 0.25) is 0 Å². The van der Waals surface area contributed by atoms with Gasteiger partial charge in [-0.05, 0) is 29.7 Å². The van der Waals surface area contributed by atoms with Gasteiger partial charge in [0, 0.05) is 11.6 Å². The molecule has 0 spiro atoms. The molecule has 1 heterocycles. The summed E-state index contributed by atoms with van der Waals surface area (Å²) in [5.74, 6) is -0.000897. The number of carbonyl (C=O) groups is 2. The molecular formula is C24H26N4O3S. The van der Waals surface area contributed by atoms with Crippen LogP contribution < -0.4 is 15.4 Å². The summed E-state index contributed by atoms with van der Waals surface area (Å²) in [6.45, 7) is 3.90. The number of nitrogens with one attached hydrogen (secondary N) is 2. The molecule has 2 aromatic carbocycles. The quantitative estimate of drug-likeness (QED) is 0.472. The Morgan fingerprint density at radius 1 is 1.12 bits per heavy atom. The highest BCUT2D eigenvalue weighted by atomic mass is 32.1. The molecule has 0 aliphatic rings. The predicted molar refractivity (Wildman–Crippen MR) is 127 cm³/mol. The average Bonchev–Trinajstić information content (AvgIpc) is 3.29. The van der Waals surface area contributed by atoms with Crippen LogP contribution in [0.3, 0.4) is 0 Å². The lowest BCUT2D eigenvalue weighted by molar-refractivity contribution is -0.125. The molecule has 3 aromatic rings. The molecular weight excluding hydrogens is 424 g/mol. The number of hydrogen-bond donors (Lipinski definition) is 2. The van der Waals surface area contributed by atoms with Crippen LogP contribution >= 0.6 is 11.3 Å². The molecule has 0 bridgehead atoms. The van der Waals surface area contributed by atoms with Crippen LogP contribution in [0.4, 0.5) is 5.13 Å². The summed E-state index contributed by atoms with van der Waals surface area (Å²) < 4.78 is 5.24. The van der Waals surface area contributed by atoms with Crippen molar-refractivity contribution in [3.05, 3.63) is 66.2 Å². The third kappa shape index (κ3) is 6.24. The van der Waals surface area contributed by atoms with E-state index < -0.39 is 6.04 Å². The Morgan fingerprint density at radius 2 is 1.91 bits per heavy atom. The zero-order chi connectivity index (χ0) is 22.9. The molecule has 0 saturated heterocycles. The molecule has 2 amide bonds. The molecule has 2 atom stereocenters. The Labute approximate surface area is 191 Å². The fraction of sp³-hybridized carbons (Fsp3) is 0.250. The first-order chi connectivity index (χ1) is 15.5. The maximum atomic E-state index is 12.9. The third-order valence-electron chi connectivity index (χ3n) is 4.99. The van der Waals surface area contributed by atoms with E-state index in [0.29, 0.717) is 15.9 Å². The second-order valence-corrected chi connectivity index (χ2v) is 8.23. The molecule has 0 saturated carbocycles. The topological polar surface area (TPSA) is 93.2 Å². The van der Waals surface area contributed by atoms with Crippen molar-refractivity contribution in [2.75, 3.05) is 12.4 Å². The summed E-state index contributed by atoms with van der Waals surface area (Å²) in [5.41, 5.74) is 1.76. The average molecular weight is 451 g/mol. The Hall–Kier alpha value is -3.52. The SMILES string of the molecule is CCC(C)C(NC(=O)/C=C/c1ccccc1)C(=O)Nc1nnc(-c2cccc(OC)c2)s1. The number of anilines is 1. The van der Waals surface area contributed by atoms with Crippen molar-refractivity contribution in [1.82, 2.24) is 15.5 Å². The molecule has 0 radical (unpaired) electrons. The minimum absolute atomic E-state index is 0.0603. The Balaban J connectivity index is 1.68. The van der Waals surface area contributed by atoms with Crippen LogP contribution in [0.1, 0.15) is 25.8 Å². The number of hydrogen-bond acceptors (Lipinski definition) is 6. The Bertz CT molecular complexity index is 1080. The van der Waals surface area contributed by atoms with Crippen LogP contribution in [-0.4, -0.2) is 35.2 Å². The normalized spacial score (nSPS) is 12.8. The smallest absolute Gasteiger partial charge is 0.249 e. The lowest BCUT2D eigenvalue weighted by Gasteiger charge is -2.22. The minimum atomic E-state index is -0.697. The van der Waals surface area contributed by atoms with Gasteiger partial charge in [-0.2, -0.15) is 0 Å². The van der Waals surface area contributed by atoms with Gasteiger partial charge in [0.25, 0.3) is 0 Å². The first kappa shape index (κ1) is 23.1. The molecule has 166 valence electrons. The molecule has 3 rings (SSSR count). The van der Waals surface area contributed by atoms with E-state index in [1.165, 1.54) is 17.4 Å². The molecule has 0 aliphatic heterocycles. The monoisotopic (exact) mass is 450 g/mol. The number of ether oxygens (including phenoxy) is 1. The van der Waals surface area contributed by atoms with E-state index in [9.17, 15) is 9.59 Å². The van der Waals surface area contributed by atoms with Gasteiger partial charge in [-0.15, -0.1) is 10.2 Å². The predicted octanol–water partition coefficient (Wildman–Crippen LogP) is 4.40. The minimum Gasteiger partial charge on any atom is -0.497 e. The highest BCUT2D eigenvalue weighted by Crippen LogP contribution is 2.29. The molecule has 2 unspecified atom stereocenters. The van der Waals surface area contributed by atoms with Crippen molar-refractivity contribution >= 4 is 34.4 Å². The van der Waals surface area contributed by atoms with E-state index in [1.54, 1.807) is 13.2 Å². The van der Waals surface area contributed by atoms with E-state index in [1.807, 2.05) is 68.4 Å². The second kappa shape index (κ2) is 11.2. The fourth-order valence-corrected chi connectivity index (χ4v) is 3.71. The molecule has 7 nitrogen and oxygen atoms in total. The number of benzene rings is 2. The second-order valence-electron chi connectivity index (χ2n) is 7.25. The lowest BCUT2D eigenvalue weighted by atomic mass is 9.98. The van der Waals surface area contributed by atoms with E-state index >= 15 is 0 Å². The molecule has 8 heteroatoms. The molecule has 1 aromatic heterocycles. The number of methoxy groups -OCH3 is 1. The highest BCUT2D eigenvalue weighted by molar-refractivity contribution is 7.18. The summed E-state index contributed by atoms with van der Waals surface area (Å²) in [5, 5.41) is 14.9. The van der Waals surface area contributed by atoms with Crippen LogP contribution in [-0.2, 0) is 9.59 Å². The maximum absolute atomic E-state index is 12.9. The molecule has 0 aliphatic carbocycles. The number of nitrogens with zero attached hydrogens (tertiary/aromatic N) is 2. The standard InChI is InChI=1S/C24H26N4O3S/c1-4-16(2)21(25-20(29)14-13-17-9-6-5-7-10-17)22(30)26-24-28-27-23(32-24)18-11-8-12-19(15-18)31-3/h5-16,21H,4H2,1-3H3,(H,25,29)(H,26,28,30)/b14-13+. The van der Waals surface area contributed by atoms with E-state index in [4.69, 9.17) is 4.74 Å². The van der Waals surface area contributed by atoms with Crippen LogP contribution in [0.5, 0.6) is 5.75 Å². The van der Waals surface area contributed by atoms with Gasteiger partial charge >= 0.3 is 0 Å². The van der Waals surface area contributed by atoms with Crippen LogP contribution in [0.25, 0.3) is 16.6 Å². The number of rotatable bonds is 9. The van der Waals surface area contributed by atoms with E-state index in [2.05, 4.69) is 20.8 Å². The van der Waals surface area contributed by atoms with Gasteiger partial charge in [0.2, 0.25) is 16.9 Å². The van der Waals surface area contributed by atoms with Crippen molar-refractivity contribution in [1.29, 1.82) is 0 Å². The summed E-state index contributed by atoms with van der Waals surface area (Å²) in [7, 11) is 1.60. The summed E-state index contributed by atoms with van der Waals surface area (Å²) in [6.07, 6.45) is 3.88. The number of carbonyl (C=O) groups excluding carboxylic acids is 2. The third-order valence-corrected chi connectivity index (χ3v) is 5.88. The maximum Gasteiger partial charge on any atom is 0.249 e. The Morgan fingerprint density at radius 3 is 2.62 bits per heavy atom. The van der Waals surface area contributed by atoms with Gasteiger partial charge in [-0.1, -0.05) is 74.1 Å². The lowest BCUT2D eigenvalue weighted by Crippen LogP contribution is -2.47. The number of aromatic nitrogens is 2. The molecule has 0 fully saturated rings. The zero-order valence-electron chi connectivity index (χ0n) is 18.2. The van der Waals surface area contributed by atoms with Crippen molar-refractivity contribution in [3.8, 4) is 16.3 Å². The van der Waals surface area contributed by atoms with Crippen LogP contribution in [0, 0.1) is 5.92 Å². The fourth-order valence-electron chi connectivity index (χ4n) is 2.97. The first-order valence-corrected chi connectivity index (χ1v) is 11.1. The first-order valence-electron chi connectivity index (χ1n) is 10.3. The molecule has 32 heavy (non-hydrogen) atoms. The van der Waals surface area contributed by atoms with Gasteiger partial charge in [-0.3, -0.25) is 14.9 Å². The largest absolute Gasteiger partial charge is 0.497 e. The van der Waals surface area contributed by atoms with Crippen molar-refractivity contribution < 1.29 is 14.3 Å². The van der Waals surface area contributed by atoms with Gasteiger partial charge in [-0.25, -0.2) is 0 Å². The highest BCUT2D eigenvalue weighted by Gasteiger charge is 2.26. The summed E-state index contributed by atoms with van der Waals surface area (Å²) >= 11 is 1.26. The van der Waals surface area contributed by atoms with Gasteiger partial charge in [0.15, 0.2) is 0 Å². The van der Waals surface area contributed by atoms with E-state index in [0.717, 1.165) is 17.5 Å². The van der Waals surface area contributed by atoms with E-state index in [-0.39, 0.29) is 17.7 Å². The van der Waals surface area contributed by atoms with Gasteiger partial charge in [0.05, 0.1) is 7.11 Å². The summed E-state index contributed by atoms with van der Waals surface area (Å²) in [6, 6.07) is 16.3.